The highest BCUT2D eigenvalue weighted by Gasteiger charge is 2.13. The van der Waals surface area contributed by atoms with Gasteiger partial charge < -0.3 is 4.57 Å². The average molecular weight is 307 g/mol. The van der Waals surface area contributed by atoms with Crippen molar-refractivity contribution in [1.29, 1.82) is 0 Å². The van der Waals surface area contributed by atoms with Gasteiger partial charge in [0.25, 0.3) is 0 Å². The van der Waals surface area contributed by atoms with Crippen LogP contribution in [0.25, 0.3) is 28.1 Å². The van der Waals surface area contributed by atoms with E-state index in [1.807, 2.05) is 42.5 Å². The van der Waals surface area contributed by atoms with E-state index in [-0.39, 0.29) is 0 Å². The number of hydrogen-bond acceptors (Lipinski definition) is 3. The van der Waals surface area contributed by atoms with Crippen molar-refractivity contribution in [2.45, 2.75) is 0 Å². The van der Waals surface area contributed by atoms with Crippen molar-refractivity contribution in [2.75, 3.05) is 0 Å². The van der Waals surface area contributed by atoms with E-state index in [1.54, 1.807) is 24.8 Å². The van der Waals surface area contributed by atoms with Crippen LogP contribution in [0.4, 0.5) is 0 Å². The molecule has 0 N–H and O–H groups in total. The van der Waals surface area contributed by atoms with Gasteiger partial charge in [0.05, 0.1) is 22.9 Å². The molecule has 0 bridgehead atoms. The summed E-state index contributed by atoms with van der Waals surface area (Å²) in [6, 6.07) is 13.7. The molecule has 0 fully saturated rings. The summed E-state index contributed by atoms with van der Waals surface area (Å²) in [5.41, 5.74) is 4.69. The highest BCUT2D eigenvalue weighted by molar-refractivity contribution is 6.30. The zero-order valence-corrected chi connectivity index (χ0v) is 12.3. The van der Waals surface area contributed by atoms with Gasteiger partial charge in [-0.2, -0.15) is 0 Å². The van der Waals surface area contributed by atoms with Gasteiger partial charge in [0.1, 0.15) is 5.69 Å². The first-order valence-electron chi connectivity index (χ1n) is 6.82. The minimum atomic E-state index is 0.708. The normalized spacial score (nSPS) is 11.0. The summed E-state index contributed by atoms with van der Waals surface area (Å²) in [4.78, 5) is 13.0. The Kier molecular flexibility index (Phi) is 3.09. The number of fused-ring (bicyclic) bond motifs is 1. The quantitative estimate of drug-likeness (QED) is 0.559. The molecule has 22 heavy (non-hydrogen) atoms. The van der Waals surface area contributed by atoms with Gasteiger partial charge in [-0.3, -0.25) is 15.0 Å². The standard InChI is InChI=1S/C17H11ClN4/c18-12-3-5-13(6-4-12)22-16-2-1-7-20-14(16)10-17(22)15-11-19-8-9-21-15/h1-11H. The van der Waals surface area contributed by atoms with Crippen molar-refractivity contribution < 1.29 is 0 Å². The number of halogens is 1. The van der Waals surface area contributed by atoms with Crippen molar-refractivity contribution in [3.63, 3.8) is 0 Å². The Labute approximate surface area is 132 Å². The number of pyridine rings is 1. The third-order valence-corrected chi connectivity index (χ3v) is 3.73. The van der Waals surface area contributed by atoms with Gasteiger partial charge in [-0.05, 0) is 42.5 Å². The predicted octanol–water partition coefficient (Wildman–Crippen LogP) is 4.14. The Balaban J connectivity index is 2.04. The molecule has 1 aromatic carbocycles. The lowest BCUT2D eigenvalue weighted by Gasteiger charge is -2.10. The van der Waals surface area contributed by atoms with E-state index >= 15 is 0 Å². The fourth-order valence-electron chi connectivity index (χ4n) is 2.52. The summed E-state index contributed by atoms with van der Waals surface area (Å²) >= 11 is 6.00. The fourth-order valence-corrected chi connectivity index (χ4v) is 2.65. The second-order valence-electron chi connectivity index (χ2n) is 4.84. The molecule has 4 nitrogen and oxygen atoms in total. The van der Waals surface area contributed by atoms with E-state index in [2.05, 4.69) is 19.5 Å². The number of rotatable bonds is 2. The van der Waals surface area contributed by atoms with Crippen LogP contribution in [-0.2, 0) is 0 Å². The first-order valence-corrected chi connectivity index (χ1v) is 7.19. The largest absolute Gasteiger partial charge is 0.306 e. The van der Waals surface area contributed by atoms with Crippen molar-refractivity contribution in [3.8, 4) is 17.1 Å². The summed E-state index contributed by atoms with van der Waals surface area (Å²) in [6.07, 6.45) is 6.89. The molecule has 0 saturated carbocycles. The molecule has 0 radical (unpaired) electrons. The van der Waals surface area contributed by atoms with E-state index in [0.717, 1.165) is 28.1 Å². The molecule has 4 rings (SSSR count). The van der Waals surface area contributed by atoms with Crippen LogP contribution in [0, 0.1) is 0 Å². The summed E-state index contributed by atoms with van der Waals surface area (Å²) in [5, 5.41) is 0.708. The zero-order chi connectivity index (χ0) is 14.9. The lowest BCUT2D eigenvalue weighted by molar-refractivity contribution is 1.10. The molecular formula is C17H11ClN4. The van der Waals surface area contributed by atoms with Crippen LogP contribution in [0.3, 0.4) is 0 Å². The Morgan fingerprint density at radius 1 is 0.909 bits per heavy atom. The first-order chi connectivity index (χ1) is 10.8. The van der Waals surface area contributed by atoms with Crippen LogP contribution >= 0.6 is 11.6 Å². The summed E-state index contributed by atoms with van der Waals surface area (Å²) in [7, 11) is 0. The molecule has 0 amide bonds. The van der Waals surface area contributed by atoms with E-state index in [0.29, 0.717) is 5.02 Å². The Bertz CT molecular complexity index is 930. The number of nitrogens with zero attached hydrogens (tertiary/aromatic N) is 4. The summed E-state index contributed by atoms with van der Waals surface area (Å²) < 4.78 is 2.11. The van der Waals surface area contributed by atoms with Crippen molar-refractivity contribution in [1.82, 2.24) is 19.5 Å². The molecule has 3 aromatic heterocycles. The second-order valence-corrected chi connectivity index (χ2v) is 5.28. The lowest BCUT2D eigenvalue weighted by atomic mass is 10.2. The zero-order valence-electron chi connectivity index (χ0n) is 11.5. The molecule has 0 unspecified atom stereocenters. The summed E-state index contributed by atoms with van der Waals surface area (Å²) in [6.45, 7) is 0. The Morgan fingerprint density at radius 3 is 2.55 bits per heavy atom. The van der Waals surface area contributed by atoms with Gasteiger partial charge in [0, 0.05) is 29.3 Å². The minimum Gasteiger partial charge on any atom is -0.306 e. The SMILES string of the molecule is Clc1ccc(-n2c(-c3cnccn3)cc3ncccc32)cc1. The van der Waals surface area contributed by atoms with Crippen LogP contribution in [0.2, 0.25) is 5.02 Å². The molecule has 0 aliphatic carbocycles. The smallest absolute Gasteiger partial charge is 0.105 e. The number of hydrogen-bond donors (Lipinski definition) is 0. The molecule has 0 atom stereocenters. The Hall–Kier alpha value is -2.72. The van der Waals surface area contributed by atoms with E-state index in [1.165, 1.54) is 0 Å². The van der Waals surface area contributed by atoms with Gasteiger partial charge in [-0.25, -0.2) is 0 Å². The maximum absolute atomic E-state index is 6.00. The minimum absolute atomic E-state index is 0.708. The fraction of sp³-hybridized carbons (Fsp3) is 0. The third kappa shape index (κ3) is 2.14. The van der Waals surface area contributed by atoms with Crippen LogP contribution in [0.15, 0.2) is 67.3 Å². The van der Waals surface area contributed by atoms with Gasteiger partial charge in [0.15, 0.2) is 0 Å². The maximum Gasteiger partial charge on any atom is 0.105 e. The highest BCUT2D eigenvalue weighted by Crippen LogP contribution is 2.29. The van der Waals surface area contributed by atoms with Gasteiger partial charge in [0.2, 0.25) is 0 Å². The molecule has 0 spiro atoms. The molecule has 0 aliphatic rings. The van der Waals surface area contributed by atoms with Gasteiger partial charge in [-0.1, -0.05) is 11.6 Å². The molecular weight excluding hydrogens is 296 g/mol. The monoisotopic (exact) mass is 306 g/mol. The van der Waals surface area contributed by atoms with Crippen molar-refractivity contribution >= 4 is 22.6 Å². The summed E-state index contributed by atoms with van der Waals surface area (Å²) in [5.74, 6) is 0. The topological polar surface area (TPSA) is 43.6 Å². The van der Waals surface area contributed by atoms with E-state index in [9.17, 15) is 0 Å². The van der Waals surface area contributed by atoms with Crippen molar-refractivity contribution in [2.24, 2.45) is 0 Å². The molecule has 4 aromatic rings. The first kappa shape index (κ1) is 13.0. The van der Waals surface area contributed by atoms with Gasteiger partial charge in [-0.15, -0.1) is 0 Å². The van der Waals surface area contributed by atoms with Crippen LogP contribution in [0.1, 0.15) is 0 Å². The van der Waals surface area contributed by atoms with E-state index in [4.69, 9.17) is 11.6 Å². The highest BCUT2D eigenvalue weighted by atomic mass is 35.5. The van der Waals surface area contributed by atoms with Crippen LogP contribution in [-0.4, -0.2) is 19.5 Å². The maximum atomic E-state index is 6.00. The van der Waals surface area contributed by atoms with Crippen LogP contribution < -0.4 is 0 Å². The Morgan fingerprint density at radius 2 is 1.77 bits per heavy atom. The molecule has 106 valence electrons. The second kappa shape index (κ2) is 5.24. The predicted molar refractivity (Wildman–Crippen MR) is 87.1 cm³/mol. The molecule has 5 heteroatoms. The van der Waals surface area contributed by atoms with Gasteiger partial charge >= 0.3 is 0 Å². The molecule has 0 aliphatic heterocycles. The average Bonchev–Trinajstić information content (AvgIpc) is 2.96. The van der Waals surface area contributed by atoms with Crippen LogP contribution in [0.5, 0.6) is 0 Å². The van der Waals surface area contributed by atoms with E-state index < -0.39 is 0 Å². The third-order valence-electron chi connectivity index (χ3n) is 3.48. The number of aromatic nitrogens is 4. The molecule has 3 heterocycles. The van der Waals surface area contributed by atoms with Crippen molar-refractivity contribution in [3.05, 3.63) is 72.3 Å². The molecule has 0 saturated heterocycles. The lowest BCUT2D eigenvalue weighted by Crippen LogP contribution is -1.98. The number of benzene rings is 1.